The van der Waals surface area contributed by atoms with E-state index in [9.17, 15) is 14.7 Å². The highest BCUT2D eigenvalue weighted by Crippen LogP contribution is 2.03. The van der Waals surface area contributed by atoms with Gasteiger partial charge in [0.1, 0.15) is 6.54 Å². The molecular weight excluding hydrogens is 244 g/mol. The number of hydrogen-bond acceptors (Lipinski definition) is 3. The van der Waals surface area contributed by atoms with E-state index in [1.54, 1.807) is 0 Å². The topological polar surface area (TPSA) is 73.7 Å². The standard InChI is InChI=1S/C14H18N2O3/c1-10-3-2-4-11(7-10)9-16-6-5-15-14(19)12(16)8-13(17)18/h2-4,7,12H,5-6,8-9H2,1H3,(H,15,19)(H,17,18)/t12-/m1/s1. The van der Waals surface area contributed by atoms with Crippen molar-refractivity contribution in [3.63, 3.8) is 0 Å². The first-order chi connectivity index (χ1) is 9.06. The van der Waals surface area contributed by atoms with Gasteiger partial charge in [0.25, 0.3) is 5.91 Å². The Morgan fingerprint density at radius 3 is 3.00 bits per heavy atom. The lowest BCUT2D eigenvalue weighted by Gasteiger charge is -2.32. The number of piperazine rings is 1. The molecule has 1 heterocycles. The van der Waals surface area contributed by atoms with Crippen molar-refractivity contribution in [2.24, 2.45) is 0 Å². The molecule has 1 aliphatic rings. The molecule has 0 saturated carbocycles. The molecule has 2 rings (SSSR count). The summed E-state index contributed by atoms with van der Waals surface area (Å²) >= 11 is 0. The maximum absolute atomic E-state index is 11.8. The predicted molar refractivity (Wildman–Crippen MR) is 67.1 cm³/mol. The van der Waals surface area contributed by atoms with Gasteiger partial charge >= 0.3 is 0 Å². The Morgan fingerprint density at radius 1 is 1.53 bits per heavy atom. The van der Waals surface area contributed by atoms with Crippen LogP contribution in [0.2, 0.25) is 0 Å². The molecule has 5 heteroatoms. The molecule has 1 aromatic rings. The Hall–Kier alpha value is -1.88. The number of aliphatic carboxylic acids is 1. The van der Waals surface area contributed by atoms with E-state index in [-0.39, 0.29) is 12.3 Å². The first kappa shape index (κ1) is 13.5. The van der Waals surface area contributed by atoms with Crippen molar-refractivity contribution < 1.29 is 19.6 Å². The van der Waals surface area contributed by atoms with Gasteiger partial charge in [0.15, 0.2) is 6.04 Å². The second kappa shape index (κ2) is 5.84. The van der Waals surface area contributed by atoms with Gasteiger partial charge in [0.05, 0.1) is 13.1 Å². The van der Waals surface area contributed by atoms with Crippen LogP contribution in [0.1, 0.15) is 17.5 Å². The Labute approximate surface area is 112 Å². The smallest absolute Gasteiger partial charge is 0.278 e. The summed E-state index contributed by atoms with van der Waals surface area (Å²) in [6, 6.07) is 7.50. The molecule has 0 spiro atoms. The molecule has 0 aliphatic carbocycles. The molecule has 19 heavy (non-hydrogen) atoms. The number of aryl methyl sites for hydroxylation is 1. The van der Waals surface area contributed by atoms with Crippen LogP contribution < -0.4 is 15.3 Å². The van der Waals surface area contributed by atoms with Crippen molar-refractivity contribution in [3.05, 3.63) is 35.4 Å². The van der Waals surface area contributed by atoms with Crippen LogP contribution in [0, 0.1) is 6.92 Å². The van der Waals surface area contributed by atoms with E-state index in [0.717, 1.165) is 22.6 Å². The van der Waals surface area contributed by atoms with Crippen molar-refractivity contribution >= 4 is 11.9 Å². The van der Waals surface area contributed by atoms with Gasteiger partial charge in [-0.15, -0.1) is 0 Å². The number of carboxylic acids is 1. The maximum Gasteiger partial charge on any atom is 0.278 e. The minimum Gasteiger partial charge on any atom is -0.550 e. The van der Waals surface area contributed by atoms with E-state index in [2.05, 4.69) is 11.4 Å². The normalized spacial score (nSPS) is 22.9. The number of rotatable bonds is 4. The first-order valence-electron chi connectivity index (χ1n) is 6.44. The second-order valence-corrected chi connectivity index (χ2v) is 4.99. The number of quaternary nitrogens is 1. The minimum absolute atomic E-state index is 0.196. The van der Waals surface area contributed by atoms with E-state index in [4.69, 9.17) is 0 Å². The molecule has 1 fully saturated rings. The Bertz CT molecular complexity index is 487. The Morgan fingerprint density at radius 2 is 2.32 bits per heavy atom. The van der Waals surface area contributed by atoms with E-state index in [1.165, 1.54) is 0 Å². The Kier molecular flexibility index (Phi) is 4.16. The number of carbonyl (C=O) groups is 2. The van der Waals surface area contributed by atoms with E-state index < -0.39 is 12.0 Å². The summed E-state index contributed by atoms with van der Waals surface area (Å²) in [5.74, 6) is -1.37. The zero-order valence-corrected chi connectivity index (χ0v) is 10.9. The average molecular weight is 262 g/mol. The number of carbonyl (C=O) groups excluding carboxylic acids is 2. The van der Waals surface area contributed by atoms with Gasteiger partial charge in [-0.3, -0.25) is 4.79 Å². The van der Waals surface area contributed by atoms with Gasteiger partial charge in [-0.1, -0.05) is 29.8 Å². The van der Waals surface area contributed by atoms with Crippen LogP contribution in [0.4, 0.5) is 0 Å². The average Bonchev–Trinajstić information content (AvgIpc) is 2.33. The molecule has 1 aliphatic heterocycles. The molecule has 1 aromatic carbocycles. The second-order valence-electron chi connectivity index (χ2n) is 4.99. The van der Waals surface area contributed by atoms with E-state index in [1.807, 2.05) is 25.1 Å². The third-order valence-corrected chi connectivity index (χ3v) is 3.44. The van der Waals surface area contributed by atoms with Crippen LogP contribution in [0.3, 0.4) is 0 Å². The molecule has 0 radical (unpaired) electrons. The fourth-order valence-electron chi connectivity index (χ4n) is 2.53. The lowest BCUT2D eigenvalue weighted by Crippen LogP contribution is -3.18. The monoisotopic (exact) mass is 262 g/mol. The van der Waals surface area contributed by atoms with Crippen LogP contribution in [-0.4, -0.2) is 31.0 Å². The molecule has 2 atom stereocenters. The quantitative estimate of drug-likeness (QED) is 0.660. The highest BCUT2D eigenvalue weighted by Gasteiger charge is 2.33. The summed E-state index contributed by atoms with van der Waals surface area (Å²) in [7, 11) is 0. The van der Waals surface area contributed by atoms with Crippen LogP contribution in [0.25, 0.3) is 0 Å². The summed E-state index contributed by atoms with van der Waals surface area (Å²) in [6.45, 7) is 3.99. The van der Waals surface area contributed by atoms with Gasteiger partial charge in [-0.25, -0.2) is 0 Å². The molecule has 102 valence electrons. The highest BCUT2D eigenvalue weighted by atomic mass is 16.4. The van der Waals surface area contributed by atoms with Crippen LogP contribution >= 0.6 is 0 Å². The van der Waals surface area contributed by atoms with Crippen LogP contribution in [0.15, 0.2) is 24.3 Å². The third kappa shape index (κ3) is 3.54. The SMILES string of the molecule is Cc1cccc(C[NH+]2CCNC(=O)[C@H]2CC(=O)[O-])c1. The summed E-state index contributed by atoms with van der Waals surface area (Å²) in [5, 5.41) is 13.5. The van der Waals surface area contributed by atoms with Gasteiger partial charge < -0.3 is 20.1 Å². The van der Waals surface area contributed by atoms with E-state index >= 15 is 0 Å². The lowest BCUT2D eigenvalue weighted by molar-refractivity contribution is -0.930. The summed E-state index contributed by atoms with van der Waals surface area (Å²) < 4.78 is 0. The largest absolute Gasteiger partial charge is 0.550 e. The van der Waals surface area contributed by atoms with Gasteiger partial charge in [-0.2, -0.15) is 0 Å². The molecule has 1 amide bonds. The molecule has 0 bridgehead atoms. The number of hydrogen-bond donors (Lipinski definition) is 2. The summed E-state index contributed by atoms with van der Waals surface area (Å²) in [5.41, 5.74) is 2.28. The van der Waals surface area contributed by atoms with Gasteiger partial charge in [0.2, 0.25) is 0 Å². The lowest BCUT2D eigenvalue weighted by atomic mass is 10.1. The molecule has 5 nitrogen and oxygen atoms in total. The number of amides is 1. The van der Waals surface area contributed by atoms with Crippen molar-refractivity contribution in [3.8, 4) is 0 Å². The maximum atomic E-state index is 11.8. The van der Waals surface area contributed by atoms with Crippen LogP contribution in [0.5, 0.6) is 0 Å². The molecule has 1 unspecified atom stereocenters. The summed E-state index contributed by atoms with van der Waals surface area (Å²) in [6.07, 6.45) is -0.229. The number of nitrogens with one attached hydrogen (secondary N) is 2. The van der Waals surface area contributed by atoms with Crippen LogP contribution in [-0.2, 0) is 16.1 Å². The molecular formula is C14H18N2O3. The van der Waals surface area contributed by atoms with Crippen molar-refractivity contribution in [1.29, 1.82) is 0 Å². The third-order valence-electron chi connectivity index (χ3n) is 3.44. The minimum atomic E-state index is -1.18. The summed E-state index contributed by atoms with van der Waals surface area (Å²) in [4.78, 5) is 23.5. The zero-order valence-electron chi connectivity index (χ0n) is 10.9. The van der Waals surface area contributed by atoms with E-state index in [0.29, 0.717) is 13.1 Å². The van der Waals surface area contributed by atoms with Crippen molar-refractivity contribution in [1.82, 2.24) is 5.32 Å². The molecule has 2 N–H and O–H groups in total. The number of carboxylic acid groups (broad SMARTS) is 1. The highest BCUT2D eigenvalue weighted by molar-refractivity contribution is 5.84. The van der Waals surface area contributed by atoms with Gasteiger partial charge in [0, 0.05) is 18.0 Å². The van der Waals surface area contributed by atoms with Crippen molar-refractivity contribution in [2.45, 2.75) is 25.9 Å². The first-order valence-corrected chi connectivity index (χ1v) is 6.44. The Balaban J connectivity index is 2.11. The number of benzene rings is 1. The molecule has 1 saturated heterocycles. The van der Waals surface area contributed by atoms with Crippen molar-refractivity contribution in [2.75, 3.05) is 13.1 Å². The van der Waals surface area contributed by atoms with Gasteiger partial charge in [-0.05, 0) is 6.92 Å². The fourth-order valence-corrected chi connectivity index (χ4v) is 2.53. The fraction of sp³-hybridized carbons (Fsp3) is 0.429. The zero-order chi connectivity index (χ0) is 13.8. The molecule has 0 aromatic heterocycles. The predicted octanol–water partition coefficient (Wildman–Crippen LogP) is -1.98.